The Balaban J connectivity index is 1.34. The standard InChI is InChI=1S/C21H27BrN4O3/c22-18-3-1-17(2-4-18)14-24-7-5-21(28,6-8-24)15-26-16-23-19(13-20(26)27)25-9-11-29-12-10-25/h1-4,13,16,28H,5-12,14-15H2. The van der Waals surface area contributed by atoms with Gasteiger partial charge in [-0.3, -0.25) is 14.3 Å². The lowest BCUT2D eigenvalue weighted by molar-refractivity contribution is -0.0365. The third-order valence-corrected chi connectivity index (χ3v) is 6.30. The molecule has 156 valence electrons. The molecule has 0 radical (unpaired) electrons. The molecule has 2 saturated heterocycles. The van der Waals surface area contributed by atoms with Crippen LogP contribution in [0.25, 0.3) is 0 Å². The van der Waals surface area contributed by atoms with E-state index in [1.54, 1.807) is 12.4 Å². The van der Waals surface area contributed by atoms with Crippen molar-refractivity contribution < 1.29 is 9.84 Å². The molecule has 7 nitrogen and oxygen atoms in total. The van der Waals surface area contributed by atoms with Gasteiger partial charge < -0.3 is 14.7 Å². The fourth-order valence-corrected chi connectivity index (χ4v) is 4.22. The van der Waals surface area contributed by atoms with Gasteiger partial charge in [0, 0.05) is 43.3 Å². The molecule has 2 aliphatic heterocycles. The number of morpholine rings is 1. The van der Waals surface area contributed by atoms with Crippen molar-refractivity contribution in [2.75, 3.05) is 44.3 Å². The number of ether oxygens (including phenoxy) is 1. The Labute approximate surface area is 179 Å². The summed E-state index contributed by atoms with van der Waals surface area (Å²) in [5.41, 5.74) is 0.271. The molecule has 29 heavy (non-hydrogen) atoms. The fourth-order valence-electron chi connectivity index (χ4n) is 3.95. The van der Waals surface area contributed by atoms with Crippen LogP contribution in [0.15, 0.2) is 45.9 Å². The summed E-state index contributed by atoms with van der Waals surface area (Å²) >= 11 is 3.46. The molecule has 2 aliphatic rings. The van der Waals surface area contributed by atoms with Crippen molar-refractivity contribution in [2.24, 2.45) is 0 Å². The quantitative estimate of drug-likeness (QED) is 0.731. The number of aromatic nitrogens is 2. The Bertz CT molecular complexity index is 872. The first-order chi connectivity index (χ1) is 14.0. The molecular weight excluding hydrogens is 436 g/mol. The Kier molecular flexibility index (Phi) is 6.34. The van der Waals surface area contributed by atoms with Gasteiger partial charge >= 0.3 is 0 Å². The number of hydrogen-bond acceptors (Lipinski definition) is 6. The summed E-state index contributed by atoms with van der Waals surface area (Å²) in [5, 5.41) is 11.0. The molecule has 2 aromatic rings. The van der Waals surface area contributed by atoms with Crippen LogP contribution in [0.5, 0.6) is 0 Å². The first kappa shape index (κ1) is 20.5. The second-order valence-electron chi connectivity index (χ2n) is 7.94. The van der Waals surface area contributed by atoms with Crippen LogP contribution in [-0.2, 0) is 17.8 Å². The number of nitrogens with zero attached hydrogens (tertiary/aromatic N) is 4. The maximum Gasteiger partial charge on any atom is 0.255 e. The first-order valence-corrected chi connectivity index (χ1v) is 10.9. The SMILES string of the molecule is O=c1cc(N2CCOCC2)ncn1CC1(O)CCN(Cc2ccc(Br)cc2)CC1. The minimum atomic E-state index is -0.873. The van der Waals surface area contributed by atoms with E-state index < -0.39 is 5.60 Å². The predicted octanol–water partition coefficient (Wildman–Crippen LogP) is 1.87. The van der Waals surface area contributed by atoms with Crippen molar-refractivity contribution in [2.45, 2.75) is 31.5 Å². The topological polar surface area (TPSA) is 70.8 Å². The maximum atomic E-state index is 12.6. The van der Waals surface area contributed by atoms with Crippen LogP contribution >= 0.6 is 15.9 Å². The van der Waals surface area contributed by atoms with Gasteiger partial charge in [-0.05, 0) is 30.5 Å². The number of halogens is 1. The molecule has 2 fully saturated rings. The zero-order valence-electron chi connectivity index (χ0n) is 16.5. The van der Waals surface area contributed by atoms with E-state index in [4.69, 9.17) is 4.74 Å². The van der Waals surface area contributed by atoms with Gasteiger partial charge in [0.2, 0.25) is 0 Å². The molecular formula is C21H27BrN4O3. The number of hydrogen-bond donors (Lipinski definition) is 1. The lowest BCUT2D eigenvalue weighted by atomic mass is 9.91. The number of benzene rings is 1. The smallest absolute Gasteiger partial charge is 0.255 e. The number of likely N-dealkylation sites (tertiary alicyclic amines) is 1. The lowest BCUT2D eigenvalue weighted by Crippen LogP contribution is -2.48. The highest BCUT2D eigenvalue weighted by molar-refractivity contribution is 9.10. The average molecular weight is 463 g/mol. The second kappa shape index (κ2) is 8.95. The largest absolute Gasteiger partial charge is 0.388 e. The van der Waals surface area contributed by atoms with Crippen molar-refractivity contribution in [1.82, 2.24) is 14.5 Å². The van der Waals surface area contributed by atoms with Gasteiger partial charge in [-0.1, -0.05) is 28.1 Å². The molecule has 0 atom stereocenters. The molecule has 1 N–H and O–H groups in total. The lowest BCUT2D eigenvalue weighted by Gasteiger charge is -2.38. The highest BCUT2D eigenvalue weighted by Crippen LogP contribution is 2.25. The predicted molar refractivity (Wildman–Crippen MR) is 115 cm³/mol. The maximum absolute atomic E-state index is 12.6. The summed E-state index contributed by atoms with van der Waals surface area (Å²) in [6.45, 7) is 5.57. The second-order valence-corrected chi connectivity index (χ2v) is 8.86. The van der Waals surface area contributed by atoms with Crippen LogP contribution in [0, 0.1) is 0 Å². The first-order valence-electron chi connectivity index (χ1n) is 10.1. The minimum Gasteiger partial charge on any atom is -0.388 e. The third kappa shape index (κ3) is 5.25. The van der Waals surface area contributed by atoms with Gasteiger partial charge in [0.15, 0.2) is 0 Å². The van der Waals surface area contributed by atoms with E-state index in [2.05, 4.69) is 55.0 Å². The summed E-state index contributed by atoms with van der Waals surface area (Å²) in [5.74, 6) is 0.686. The molecule has 0 saturated carbocycles. The van der Waals surface area contributed by atoms with Crippen LogP contribution in [0.4, 0.5) is 5.82 Å². The number of piperidine rings is 1. The summed E-state index contributed by atoms with van der Waals surface area (Å²) in [7, 11) is 0. The minimum absolute atomic E-state index is 0.118. The number of rotatable bonds is 5. The van der Waals surface area contributed by atoms with Gasteiger partial charge in [-0.15, -0.1) is 0 Å². The van der Waals surface area contributed by atoms with E-state index in [1.807, 2.05) is 0 Å². The third-order valence-electron chi connectivity index (χ3n) is 5.77. The molecule has 3 heterocycles. The van der Waals surface area contributed by atoms with Gasteiger partial charge in [0.25, 0.3) is 5.56 Å². The van der Waals surface area contributed by atoms with Crippen molar-refractivity contribution in [3.8, 4) is 0 Å². The highest BCUT2D eigenvalue weighted by Gasteiger charge is 2.33. The molecule has 8 heteroatoms. The molecule has 0 aliphatic carbocycles. The Morgan fingerprint density at radius 2 is 1.79 bits per heavy atom. The van der Waals surface area contributed by atoms with Crippen molar-refractivity contribution >= 4 is 21.7 Å². The molecule has 0 unspecified atom stereocenters. The van der Waals surface area contributed by atoms with Crippen LogP contribution in [0.1, 0.15) is 18.4 Å². The van der Waals surface area contributed by atoms with Crippen LogP contribution in [-0.4, -0.2) is 64.6 Å². The van der Waals surface area contributed by atoms with E-state index in [0.29, 0.717) is 31.9 Å². The summed E-state index contributed by atoms with van der Waals surface area (Å²) < 4.78 is 7.96. The van der Waals surface area contributed by atoms with Crippen LogP contribution < -0.4 is 10.5 Å². The zero-order valence-corrected chi connectivity index (χ0v) is 18.1. The van der Waals surface area contributed by atoms with Crippen molar-refractivity contribution in [3.05, 3.63) is 57.0 Å². The highest BCUT2D eigenvalue weighted by atomic mass is 79.9. The van der Waals surface area contributed by atoms with Gasteiger partial charge in [-0.2, -0.15) is 0 Å². The normalized spacial score (nSPS) is 20.0. The Hall–Kier alpha value is -1.74. The van der Waals surface area contributed by atoms with E-state index in [-0.39, 0.29) is 12.1 Å². The Morgan fingerprint density at radius 3 is 2.45 bits per heavy atom. The van der Waals surface area contributed by atoms with Crippen molar-refractivity contribution in [3.63, 3.8) is 0 Å². The Morgan fingerprint density at radius 1 is 1.10 bits per heavy atom. The fraction of sp³-hybridized carbons (Fsp3) is 0.524. The molecule has 1 aromatic heterocycles. The summed E-state index contributed by atoms with van der Waals surface area (Å²) in [4.78, 5) is 21.4. The van der Waals surface area contributed by atoms with Gasteiger partial charge in [0.05, 0.1) is 31.7 Å². The van der Waals surface area contributed by atoms with E-state index in [1.165, 1.54) is 10.1 Å². The van der Waals surface area contributed by atoms with E-state index >= 15 is 0 Å². The van der Waals surface area contributed by atoms with E-state index in [0.717, 1.165) is 37.2 Å². The molecule has 0 spiro atoms. The molecule has 4 rings (SSSR count). The number of aliphatic hydroxyl groups is 1. The van der Waals surface area contributed by atoms with Gasteiger partial charge in [-0.25, -0.2) is 4.98 Å². The molecule has 0 bridgehead atoms. The molecule has 0 amide bonds. The van der Waals surface area contributed by atoms with Gasteiger partial charge in [0.1, 0.15) is 5.82 Å². The zero-order chi connectivity index (χ0) is 20.3. The average Bonchev–Trinajstić information content (AvgIpc) is 2.74. The summed E-state index contributed by atoms with van der Waals surface area (Å²) in [6.07, 6.45) is 2.85. The molecule has 1 aromatic carbocycles. The van der Waals surface area contributed by atoms with Crippen LogP contribution in [0.2, 0.25) is 0 Å². The monoisotopic (exact) mass is 462 g/mol. The van der Waals surface area contributed by atoms with Crippen LogP contribution in [0.3, 0.4) is 0 Å². The van der Waals surface area contributed by atoms with E-state index in [9.17, 15) is 9.90 Å². The summed E-state index contributed by atoms with van der Waals surface area (Å²) in [6, 6.07) is 9.90. The number of anilines is 1. The van der Waals surface area contributed by atoms with Crippen molar-refractivity contribution in [1.29, 1.82) is 0 Å².